The minimum absolute atomic E-state index is 0.107. The largest absolute Gasteiger partial charge is 0.493 e. The molecule has 0 saturated heterocycles. The number of aryl methyl sites for hydroxylation is 2. The molecule has 1 atom stereocenters. The fourth-order valence-corrected chi connectivity index (χ4v) is 3.57. The summed E-state index contributed by atoms with van der Waals surface area (Å²) in [5.41, 5.74) is 3.05. The van der Waals surface area contributed by atoms with Crippen molar-refractivity contribution in [3.8, 4) is 22.6 Å². The first-order valence-electron chi connectivity index (χ1n) is 10.5. The number of carbonyl (C=O) groups is 1. The van der Waals surface area contributed by atoms with E-state index in [1.54, 1.807) is 36.4 Å². The van der Waals surface area contributed by atoms with E-state index in [0.29, 0.717) is 41.3 Å². The van der Waals surface area contributed by atoms with Crippen LogP contribution in [0.4, 0.5) is 4.39 Å². The Morgan fingerprint density at radius 3 is 2.59 bits per heavy atom. The van der Waals surface area contributed by atoms with Gasteiger partial charge >= 0.3 is 5.97 Å². The van der Waals surface area contributed by atoms with Crippen LogP contribution in [-0.4, -0.2) is 23.8 Å². The molecule has 168 valence electrons. The highest BCUT2D eigenvalue weighted by molar-refractivity contribution is 6.31. The standard InChI is InChI=1S/C26H26ClFO4/c1-17-15-21(10-7-19(17)8-12-26(29)30)31-14-13-18(2)32-25-11-9-20(27)16-23(25)22-5-3-4-6-24(22)28/h3-7,9-11,15-16,18H,8,12-14H2,1-2H3,(H,29,30)/t18-/m1/s1. The molecule has 0 aliphatic rings. The van der Waals surface area contributed by atoms with E-state index in [9.17, 15) is 9.18 Å². The molecule has 0 saturated carbocycles. The predicted molar refractivity (Wildman–Crippen MR) is 124 cm³/mol. The van der Waals surface area contributed by atoms with Gasteiger partial charge in [0.05, 0.1) is 12.7 Å². The first-order chi connectivity index (χ1) is 15.3. The molecule has 0 bridgehead atoms. The van der Waals surface area contributed by atoms with Crippen molar-refractivity contribution < 1.29 is 23.8 Å². The molecular formula is C26H26ClFO4. The molecule has 0 aliphatic carbocycles. The highest BCUT2D eigenvalue weighted by Gasteiger charge is 2.14. The van der Waals surface area contributed by atoms with Crippen molar-refractivity contribution in [2.24, 2.45) is 0 Å². The number of carboxylic acids is 1. The molecule has 0 aromatic heterocycles. The normalized spacial score (nSPS) is 11.8. The summed E-state index contributed by atoms with van der Waals surface area (Å²) in [5.74, 6) is 0.147. The van der Waals surface area contributed by atoms with E-state index in [4.69, 9.17) is 26.2 Å². The summed E-state index contributed by atoms with van der Waals surface area (Å²) in [5, 5.41) is 9.35. The molecule has 32 heavy (non-hydrogen) atoms. The summed E-state index contributed by atoms with van der Waals surface area (Å²) in [6, 6.07) is 17.4. The van der Waals surface area contributed by atoms with Crippen molar-refractivity contribution in [1.29, 1.82) is 0 Å². The van der Waals surface area contributed by atoms with Crippen LogP contribution in [0.25, 0.3) is 11.1 Å². The van der Waals surface area contributed by atoms with Crippen molar-refractivity contribution in [2.45, 2.75) is 39.2 Å². The number of benzene rings is 3. The maximum Gasteiger partial charge on any atom is 0.303 e. The van der Waals surface area contributed by atoms with Crippen molar-refractivity contribution in [3.63, 3.8) is 0 Å². The van der Waals surface area contributed by atoms with Crippen LogP contribution in [0, 0.1) is 12.7 Å². The van der Waals surface area contributed by atoms with E-state index in [0.717, 1.165) is 16.9 Å². The van der Waals surface area contributed by atoms with Gasteiger partial charge in [0.1, 0.15) is 17.3 Å². The highest BCUT2D eigenvalue weighted by Crippen LogP contribution is 2.35. The lowest BCUT2D eigenvalue weighted by Gasteiger charge is -2.19. The first-order valence-corrected chi connectivity index (χ1v) is 10.9. The fraction of sp³-hybridized carbons (Fsp3) is 0.269. The summed E-state index contributed by atoms with van der Waals surface area (Å²) >= 11 is 6.14. The highest BCUT2D eigenvalue weighted by atomic mass is 35.5. The van der Waals surface area contributed by atoms with Gasteiger partial charge in [-0.25, -0.2) is 4.39 Å². The molecular weight excluding hydrogens is 431 g/mol. The molecule has 4 nitrogen and oxygen atoms in total. The number of halogens is 2. The van der Waals surface area contributed by atoms with Gasteiger partial charge in [-0.05, 0) is 67.8 Å². The SMILES string of the molecule is Cc1cc(OCC[C@@H](C)Oc2ccc(Cl)cc2-c2ccccc2F)ccc1CCC(=O)O. The molecule has 6 heteroatoms. The third-order valence-corrected chi connectivity index (χ3v) is 5.38. The van der Waals surface area contributed by atoms with Gasteiger partial charge in [-0.2, -0.15) is 0 Å². The second-order valence-corrected chi connectivity index (χ2v) is 8.10. The van der Waals surface area contributed by atoms with Gasteiger partial charge in [0.2, 0.25) is 0 Å². The molecule has 3 rings (SSSR count). The van der Waals surface area contributed by atoms with Crippen molar-refractivity contribution in [2.75, 3.05) is 6.61 Å². The van der Waals surface area contributed by atoms with E-state index in [1.165, 1.54) is 6.07 Å². The number of hydrogen-bond acceptors (Lipinski definition) is 3. The Kier molecular flexibility index (Phi) is 8.12. The maximum absolute atomic E-state index is 14.3. The summed E-state index contributed by atoms with van der Waals surface area (Å²) in [7, 11) is 0. The van der Waals surface area contributed by atoms with Gasteiger partial charge in [0, 0.05) is 29.0 Å². The van der Waals surface area contributed by atoms with Gasteiger partial charge < -0.3 is 14.6 Å². The summed E-state index contributed by atoms with van der Waals surface area (Å²) in [6.07, 6.45) is 1.06. The van der Waals surface area contributed by atoms with Crippen LogP contribution in [0.3, 0.4) is 0 Å². The van der Waals surface area contributed by atoms with Crippen LogP contribution in [0.15, 0.2) is 60.7 Å². The van der Waals surface area contributed by atoms with Crippen LogP contribution < -0.4 is 9.47 Å². The number of ether oxygens (including phenoxy) is 2. The fourth-order valence-electron chi connectivity index (χ4n) is 3.39. The zero-order valence-corrected chi connectivity index (χ0v) is 18.9. The Morgan fingerprint density at radius 2 is 1.88 bits per heavy atom. The third kappa shape index (κ3) is 6.47. The van der Waals surface area contributed by atoms with Gasteiger partial charge in [0.15, 0.2) is 0 Å². The van der Waals surface area contributed by atoms with Crippen molar-refractivity contribution in [1.82, 2.24) is 0 Å². The Bertz CT molecular complexity index is 1080. The molecule has 3 aromatic carbocycles. The van der Waals surface area contributed by atoms with Crippen molar-refractivity contribution >= 4 is 17.6 Å². The molecule has 0 heterocycles. The van der Waals surface area contributed by atoms with Gasteiger partial charge in [-0.1, -0.05) is 35.9 Å². The van der Waals surface area contributed by atoms with Gasteiger partial charge in [0.25, 0.3) is 0 Å². The minimum Gasteiger partial charge on any atom is -0.493 e. The van der Waals surface area contributed by atoms with Crippen LogP contribution in [0.2, 0.25) is 5.02 Å². The average Bonchev–Trinajstić information content (AvgIpc) is 2.75. The number of carboxylic acid groups (broad SMARTS) is 1. The van der Waals surface area contributed by atoms with E-state index in [2.05, 4.69) is 0 Å². The van der Waals surface area contributed by atoms with Crippen LogP contribution >= 0.6 is 11.6 Å². The summed E-state index contributed by atoms with van der Waals surface area (Å²) < 4.78 is 26.3. The van der Waals surface area contributed by atoms with E-state index >= 15 is 0 Å². The Hall–Kier alpha value is -3.05. The monoisotopic (exact) mass is 456 g/mol. The van der Waals surface area contributed by atoms with E-state index in [1.807, 2.05) is 32.0 Å². The summed E-state index contributed by atoms with van der Waals surface area (Å²) in [4.78, 5) is 10.8. The lowest BCUT2D eigenvalue weighted by atomic mass is 10.0. The zero-order valence-electron chi connectivity index (χ0n) is 18.1. The van der Waals surface area contributed by atoms with Crippen LogP contribution in [0.1, 0.15) is 30.9 Å². The zero-order chi connectivity index (χ0) is 23.1. The van der Waals surface area contributed by atoms with Crippen molar-refractivity contribution in [3.05, 3.63) is 82.6 Å². The average molecular weight is 457 g/mol. The lowest BCUT2D eigenvalue weighted by molar-refractivity contribution is -0.136. The van der Waals surface area contributed by atoms with E-state index < -0.39 is 5.97 Å². The predicted octanol–water partition coefficient (Wildman–Crippen LogP) is 6.71. The number of hydrogen-bond donors (Lipinski definition) is 1. The molecule has 1 N–H and O–H groups in total. The topological polar surface area (TPSA) is 55.8 Å². The maximum atomic E-state index is 14.3. The Labute approximate surface area is 192 Å². The number of rotatable bonds is 10. The molecule has 0 unspecified atom stereocenters. The second kappa shape index (κ2) is 11.0. The molecule has 0 aliphatic heterocycles. The smallest absolute Gasteiger partial charge is 0.303 e. The Morgan fingerprint density at radius 1 is 1.09 bits per heavy atom. The third-order valence-electron chi connectivity index (χ3n) is 5.15. The van der Waals surface area contributed by atoms with Gasteiger partial charge in [-0.3, -0.25) is 4.79 Å². The second-order valence-electron chi connectivity index (χ2n) is 7.67. The molecule has 3 aromatic rings. The first kappa shape index (κ1) is 23.6. The molecule has 0 fully saturated rings. The van der Waals surface area contributed by atoms with Crippen LogP contribution in [0.5, 0.6) is 11.5 Å². The minimum atomic E-state index is -0.808. The Balaban J connectivity index is 1.59. The summed E-state index contributed by atoms with van der Waals surface area (Å²) in [6.45, 7) is 4.32. The molecule has 0 radical (unpaired) electrons. The van der Waals surface area contributed by atoms with E-state index in [-0.39, 0.29) is 18.3 Å². The lowest BCUT2D eigenvalue weighted by Crippen LogP contribution is -2.16. The van der Waals surface area contributed by atoms with Crippen LogP contribution in [-0.2, 0) is 11.2 Å². The molecule has 0 spiro atoms. The number of aliphatic carboxylic acids is 1. The van der Waals surface area contributed by atoms with Gasteiger partial charge in [-0.15, -0.1) is 0 Å². The quantitative estimate of drug-likeness (QED) is 0.368. The molecule has 0 amide bonds.